The number of aryl methyl sites for hydroxylation is 1. The maximum atomic E-state index is 10.1. The molecule has 1 aliphatic heterocycles. The largest absolute Gasteiger partial charge is 0.508 e. The van der Waals surface area contributed by atoms with Gasteiger partial charge in [0.05, 0.1) is 7.11 Å². The number of guanidine groups is 1. The number of rotatable bonds is 7. The van der Waals surface area contributed by atoms with Gasteiger partial charge in [0, 0.05) is 44.0 Å². The summed E-state index contributed by atoms with van der Waals surface area (Å²) in [4.78, 5) is 11.7. The van der Waals surface area contributed by atoms with Crippen LogP contribution < -0.4 is 20.3 Å². The van der Waals surface area contributed by atoms with Crippen LogP contribution in [0.2, 0.25) is 0 Å². The van der Waals surface area contributed by atoms with Crippen molar-refractivity contribution in [2.75, 3.05) is 38.2 Å². The Morgan fingerprint density at radius 2 is 2.03 bits per heavy atom. The van der Waals surface area contributed by atoms with Crippen LogP contribution in [0.15, 0.2) is 41.4 Å². The summed E-state index contributed by atoms with van der Waals surface area (Å²) in [5.41, 5.74) is 1.92. The van der Waals surface area contributed by atoms with E-state index in [4.69, 9.17) is 9.73 Å². The number of nitrogens with one attached hydrogen (secondary N) is 2. The van der Waals surface area contributed by atoms with Crippen LogP contribution in [0.1, 0.15) is 31.0 Å². The number of hydrogen-bond acceptors (Lipinski definition) is 5. The van der Waals surface area contributed by atoms with Gasteiger partial charge >= 0.3 is 0 Å². The number of phenols is 1. The number of halogens is 1. The highest BCUT2D eigenvalue weighted by atomic mass is 127. The average molecular weight is 539 g/mol. The zero-order chi connectivity index (χ0) is 21.3. The van der Waals surface area contributed by atoms with E-state index in [1.165, 1.54) is 0 Å². The monoisotopic (exact) mass is 539 g/mol. The SMILES string of the molecule is CCNC(=NCCc1ccc(OC)cc1O)NC1CCN(c2cccc(C)n2)CC1.I. The molecule has 2 aromatic rings. The van der Waals surface area contributed by atoms with Crippen LogP contribution in [0.25, 0.3) is 0 Å². The molecule has 2 heterocycles. The number of piperidine rings is 1. The van der Waals surface area contributed by atoms with Gasteiger partial charge in [-0.2, -0.15) is 0 Å². The van der Waals surface area contributed by atoms with Gasteiger partial charge in [0.2, 0.25) is 0 Å². The van der Waals surface area contributed by atoms with E-state index in [2.05, 4.69) is 39.6 Å². The number of aliphatic imine (C=N–C) groups is 1. The predicted octanol–water partition coefficient (Wildman–Crippen LogP) is 3.49. The predicted molar refractivity (Wildman–Crippen MR) is 137 cm³/mol. The molecule has 31 heavy (non-hydrogen) atoms. The minimum atomic E-state index is 0. The molecule has 0 radical (unpaired) electrons. The van der Waals surface area contributed by atoms with E-state index in [1.54, 1.807) is 13.2 Å². The Hall–Kier alpha value is -2.23. The first-order valence-corrected chi connectivity index (χ1v) is 10.7. The summed E-state index contributed by atoms with van der Waals surface area (Å²) in [5.74, 6) is 2.80. The van der Waals surface area contributed by atoms with Gasteiger partial charge < -0.3 is 25.4 Å². The van der Waals surface area contributed by atoms with Gasteiger partial charge in [0.1, 0.15) is 17.3 Å². The molecule has 8 heteroatoms. The summed E-state index contributed by atoms with van der Waals surface area (Å²) >= 11 is 0. The van der Waals surface area contributed by atoms with Crippen molar-refractivity contribution < 1.29 is 9.84 Å². The molecule has 0 unspecified atom stereocenters. The Morgan fingerprint density at radius 3 is 2.68 bits per heavy atom. The number of phenolic OH excluding ortho intramolecular Hbond substituents is 1. The summed E-state index contributed by atoms with van der Waals surface area (Å²) in [6.45, 7) is 7.47. The normalized spacial score (nSPS) is 14.7. The maximum absolute atomic E-state index is 10.1. The second-order valence-electron chi connectivity index (χ2n) is 7.55. The van der Waals surface area contributed by atoms with E-state index in [1.807, 2.05) is 25.1 Å². The number of nitrogens with zero attached hydrogens (tertiary/aromatic N) is 3. The lowest BCUT2D eigenvalue weighted by Crippen LogP contribution is -2.49. The quantitative estimate of drug-likeness (QED) is 0.284. The molecule has 0 saturated carbocycles. The lowest BCUT2D eigenvalue weighted by atomic mass is 10.1. The molecule has 170 valence electrons. The molecule has 1 aromatic carbocycles. The highest BCUT2D eigenvalue weighted by molar-refractivity contribution is 14.0. The number of aromatic nitrogens is 1. The fraction of sp³-hybridized carbons (Fsp3) is 0.478. The molecule has 0 spiro atoms. The maximum Gasteiger partial charge on any atom is 0.191 e. The summed E-state index contributed by atoms with van der Waals surface area (Å²) < 4.78 is 5.14. The first kappa shape index (κ1) is 25.0. The summed E-state index contributed by atoms with van der Waals surface area (Å²) in [7, 11) is 1.59. The molecule has 7 nitrogen and oxygen atoms in total. The number of aromatic hydroxyl groups is 1. The van der Waals surface area contributed by atoms with Crippen LogP contribution in [-0.4, -0.2) is 55.4 Å². The first-order valence-electron chi connectivity index (χ1n) is 10.7. The van der Waals surface area contributed by atoms with Crippen LogP contribution in [0.3, 0.4) is 0 Å². The van der Waals surface area contributed by atoms with Gasteiger partial charge in [0.15, 0.2) is 5.96 Å². The Morgan fingerprint density at radius 1 is 1.26 bits per heavy atom. The number of ether oxygens (including phenoxy) is 1. The summed E-state index contributed by atoms with van der Waals surface area (Å²) in [5, 5.41) is 17.0. The third-order valence-corrected chi connectivity index (χ3v) is 5.32. The second kappa shape index (κ2) is 12.6. The van der Waals surface area contributed by atoms with Gasteiger partial charge in [-0.3, -0.25) is 4.99 Å². The Bertz CT molecular complexity index is 854. The molecule has 1 fully saturated rings. The van der Waals surface area contributed by atoms with Gasteiger partial charge in [-0.05, 0) is 56.9 Å². The lowest BCUT2D eigenvalue weighted by Gasteiger charge is -2.34. The molecule has 1 saturated heterocycles. The number of hydrogen-bond donors (Lipinski definition) is 3. The number of methoxy groups -OCH3 is 1. The van der Waals surface area contributed by atoms with Crippen LogP contribution in [0, 0.1) is 6.92 Å². The van der Waals surface area contributed by atoms with Gasteiger partial charge in [0.25, 0.3) is 0 Å². The molecule has 3 rings (SSSR count). The average Bonchev–Trinajstić information content (AvgIpc) is 2.75. The van der Waals surface area contributed by atoms with Crippen LogP contribution in [0.4, 0.5) is 5.82 Å². The van der Waals surface area contributed by atoms with E-state index in [-0.39, 0.29) is 29.7 Å². The molecular formula is C23H34IN5O2. The fourth-order valence-electron chi connectivity index (χ4n) is 3.64. The minimum Gasteiger partial charge on any atom is -0.508 e. The van der Waals surface area contributed by atoms with E-state index in [9.17, 15) is 5.11 Å². The molecule has 0 bridgehead atoms. The zero-order valence-corrected chi connectivity index (χ0v) is 20.9. The van der Waals surface area contributed by atoms with Crippen LogP contribution in [-0.2, 0) is 6.42 Å². The molecular weight excluding hydrogens is 505 g/mol. The molecule has 1 aliphatic rings. The molecule has 0 atom stereocenters. The zero-order valence-electron chi connectivity index (χ0n) is 18.6. The highest BCUT2D eigenvalue weighted by Gasteiger charge is 2.21. The number of pyridine rings is 1. The summed E-state index contributed by atoms with van der Waals surface area (Å²) in [6.07, 6.45) is 2.75. The second-order valence-corrected chi connectivity index (χ2v) is 7.55. The van der Waals surface area contributed by atoms with Crippen molar-refractivity contribution in [2.24, 2.45) is 4.99 Å². The van der Waals surface area contributed by atoms with Crippen molar-refractivity contribution in [3.63, 3.8) is 0 Å². The standard InChI is InChI=1S/C23H33N5O2.HI/c1-4-24-23(25-13-10-18-8-9-20(30-3)16-21(18)29)27-19-11-14-28(15-12-19)22-7-5-6-17(2)26-22;/h5-9,16,19,29H,4,10-15H2,1-3H3,(H2,24,25,27);1H. The van der Waals surface area contributed by atoms with Crippen molar-refractivity contribution in [1.82, 2.24) is 15.6 Å². The van der Waals surface area contributed by atoms with Crippen molar-refractivity contribution in [3.8, 4) is 11.5 Å². The van der Waals surface area contributed by atoms with E-state index in [0.717, 1.165) is 55.5 Å². The number of anilines is 1. The third kappa shape index (κ3) is 7.45. The van der Waals surface area contributed by atoms with Crippen LogP contribution in [0.5, 0.6) is 11.5 Å². The van der Waals surface area contributed by atoms with Crippen LogP contribution >= 0.6 is 24.0 Å². The van der Waals surface area contributed by atoms with Crippen molar-refractivity contribution in [1.29, 1.82) is 0 Å². The van der Waals surface area contributed by atoms with E-state index >= 15 is 0 Å². The Kier molecular flexibility index (Phi) is 10.2. The lowest BCUT2D eigenvalue weighted by molar-refractivity contribution is 0.406. The fourth-order valence-corrected chi connectivity index (χ4v) is 3.64. The molecule has 0 aliphatic carbocycles. The first-order chi connectivity index (χ1) is 14.6. The van der Waals surface area contributed by atoms with Gasteiger partial charge in [-0.15, -0.1) is 24.0 Å². The van der Waals surface area contributed by atoms with Crippen molar-refractivity contribution >= 4 is 35.8 Å². The van der Waals surface area contributed by atoms with E-state index < -0.39 is 0 Å². The van der Waals surface area contributed by atoms with Crippen molar-refractivity contribution in [3.05, 3.63) is 47.7 Å². The Labute approximate surface area is 202 Å². The smallest absolute Gasteiger partial charge is 0.191 e. The summed E-state index contributed by atoms with van der Waals surface area (Å²) in [6, 6.07) is 12.0. The minimum absolute atomic E-state index is 0. The third-order valence-electron chi connectivity index (χ3n) is 5.32. The van der Waals surface area contributed by atoms with E-state index in [0.29, 0.717) is 24.8 Å². The van der Waals surface area contributed by atoms with Gasteiger partial charge in [-0.1, -0.05) is 12.1 Å². The molecule has 1 aromatic heterocycles. The molecule has 0 amide bonds. The van der Waals surface area contributed by atoms with Crippen molar-refractivity contribution in [2.45, 2.75) is 39.2 Å². The molecule has 3 N–H and O–H groups in total. The topological polar surface area (TPSA) is 82.0 Å². The highest BCUT2D eigenvalue weighted by Crippen LogP contribution is 2.23. The Balaban J connectivity index is 0.00000341. The van der Waals surface area contributed by atoms with Gasteiger partial charge in [-0.25, -0.2) is 4.98 Å². The number of benzene rings is 1.